The van der Waals surface area contributed by atoms with Gasteiger partial charge in [-0.2, -0.15) is 4.68 Å². The van der Waals surface area contributed by atoms with E-state index in [4.69, 9.17) is 16.3 Å². The average Bonchev–Trinajstić information content (AvgIpc) is 3.18. The summed E-state index contributed by atoms with van der Waals surface area (Å²) in [6, 6.07) is 15.0. The topological polar surface area (TPSA) is 81.9 Å². The molecular formula is C23H22ClN5O2. The zero-order chi connectivity index (χ0) is 21.6. The lowest BCUT2D eigenvalue weighted by Crippen LogP contribution is -2.36. The van der Waals surface area contributed by atoms with E-state index in [-0.39, 0.29) is 17.2 Å². The van der Waals surface area contributed by atoms with Crippen molar-refractivity contribution >= 4 is 23.3 Å². The summed E-state index contributed by atoms with van der Waals surface area (Å²) in [5.41, 5.74) is 3.49. The van der Waals surface area contributed by atoms with Crippen LogP contribution in [0.15, 0.2) is 59.8 Å². The molecule has 0 saturated carbocycles. The molecule has 7 nitrogen and oxygen atoms in total. The Morgan fingerprint density at radius 3 is 2.77 bits per heavy atom. The first-order valence-corrected chi connectivity index (χ1v) is 10.6. The minimum absolute atomic E-state index is 0.0961. The number of benzene rings is 2. The number of hydrogen-bond donors (Lipinski definition) is 1. The molecular weight excluding hydrogens is 414 g/mol. The summed E-state index contributed by atoms with van der Waals surface area (Å²) in [6.07, 6.45) is 1.28. The van der Waals surface area contributed by atoms with E-state index < -0.39 is 0 Å². The molecule has 1 aliphatic carbocycles. The first-order valence-electron chi connectivity index (χ1n) is 10.2. The molecule has 0 saturated heterocycles. The van der Waals surface area contributed by atoms with Crippen molar-refractivity contribution in [1.29, 1.82) is 0 Å². The maximum absolute atomic E-state index is 13.1. The van der Waals surface area contributed by atoms with Gasteiger partial charge in [0.1, 0.15) is 18.4 Å². The molecule has 8 heteroatoms. The number of aromatic nitrogens is 4. The Kier molecular flexibility index (Phi) is 4.78. The van der Waals surface area contributed by atoms with Gasteiger partial charge in [-0.15, -0.1) is 0 Å². The van der Waals surface area contributed by atoms with Crippen molar-refractivity contribution in [3.63, 3.8) is 0 Å². The first-order chi connectivity index (χ1) is 14.9. The number of halogens is 1. The van der Waals surface area contributed by atoms with Crippen molar-refractivity contribution in [2.24, 2.45) is 5.41 Å². The SMILES string of the molecule is CC1(C)CC(=O)C2=C(C1)Nc1nnnn1C2c1ccc(OCc2cccc(Cl)c2)cc1. The van der Waals surface area contributed by atoms with E-state index in [0.29, 0.717) is 24.0 Å². The number of allylic oxidation sites excluding steroid dienone is 2. The molecule has 1 unspecified atom stereocenters. The highest BCUT2D eigenvalue weighted by Gasteiger charge is 2.41. The van der Waals surface area contributed by atoms with Gasteiger partial charge in [-0.05, 0) is 57.7 Å². The fourth-order valence-corrected chi connectivity index (χ4v) is 4.53. The van der Waals surface area contributed by atoms with E-state index in [1.54, 1.807) is 4.68 Å². The molecule has 1 aromatic heterocycles. The van der Waals surface area contributed by atoms with Crippen molar-refractivity contribution in [2.45, 2.75) is 39.3 Å². The van der Waals surface area contributed by atoms with E-state index in [2.05, 4.69) is 34.7 Å². The highest BCUT2D eigenvalue weighted by atomic mass is 35.5. The number of rotatable bonds is 4. The van der Waals surface area contributed by atoms with Gasteiger partial charge < -0.3 is 10.1 Å². The summed E-state index contributed by atoms with van der Waals surface area (Å²) in [5, 5.41) is 16.0. The monoisotopic (exact) mass is 435 g/mol. The van der Waals surface area contributed by atoms with E-state index in [0.717, 1.165) is 34.6 Å². The lowest BCUT2D eigenvalue weighted by atomic mass is 9.73. The van der Waals surface area contributed by atoms with Crippen LogP contribution in [-0.4, -0.2) is 26.0 Å². The van der Waals surface area contributed by atoms with Crippen LogP contribution in [0.2, 0.25) is 5.02 Å². The fourth-order valence-electron chi connectivity index (χ4n) is 4.32. The smallest absolute Gasteiger partial charge is 0.248 e. The standard InChI is InChI=1S/C23H22ClN5O2/c1-23(2)11-18-20(19(30)12-23)21(29-22(25-18)26-27-28-29)15-6-8-17(9-7-15)31-13-14-4-3-5-16(24)10-14/h3-10,21H,11-13H2,1-2H3,(H,25,26,28). The molecule has 2 aromatic carbocycles. The van der Waals surface area contributed by atoms with Gasteiger partial charge in [0.15, 0.2) is 5.78 Å². The van der Waals surface area contributed by atoms with Crippen LogP contribution in [0.25, 0.3) is 0 Å². The van der Waals surface area contributed by atoms with Crippen LogP contribution in [0.3, 0.4) is 0 Å². The molecule has 158 valence electrons. The van der Waals surface area contributed by atoms with Gasteiger partial charge in [0.05, 0.1) is 0 Å². The van der Waals surface area contributed by atoms with Crippen molar-refractivity contribution < 1.29 is 9.53 Å². The second-order valence-electron chi connectivity index (χ2n) is 8.80. The summed E-state index contributed by atoms with van der Waals surface area (Å²) in [6.45, 7) is 4.64. The van der Waals surface area contributed by atoms with Crippen LogP contribution in [-0.2, 0) is 11.4 Å². The quantitative estimate of drug-likeness (QED) is 0.646. The number of ketones is 1. The number of hydrogen-bond acceptors (Lipinski definition) is 6. The third kappa shape index (κ3) is 3.81. The Labute approximate surface area is 185 Å². The largest absolute Gasteiger partial charge is 0.489 e. The number of Topliss-reactive ketones (excluding diaryl/α,β-unsaturated/α-hetero) is 1. The maximum atomic E-state index is 13.1. The molecule has 0 bridgehead atoms. The van der Waals surface area contributed by atoms with Crippen molar-refractivity contribution in [3.05, 3.63) is 76.0 Å². The third-order valence-corrected chi connectivity index (χ3v) is 5.92. The normalized spacial score (nSPS) is 19.5. The third-order valence-electron chi connectivity index (χ3n) is 5.68. The molecule has 1 aliphatic heterocycles. The van der Waals surface area contributed by atoms with Gasteiger partial charge >= 0.3 is 0 Å². The van der Waals surface area contributed by atoms with Crippen LogP contribution < -0.4 is 10.1 Å². The molecule has 2 aliphatic rings. The van der Waals surface area contributed by atoms with Gasteiger partial charge in [0.2, 0.25) is 5.95 Å². The molecule has 1 atom stereocenters. The first kappa shape index (κ1) is 19.8. The number of carbonyl (C=O) groups excluding carboxylic acids is 1. The fraction of sp³-hybridized carbons (Fsp3) is 0.304. The number of nitrogens with zero attached hydrogens (tertiary/aromatic N) is 4. The summed E-state index contributed by atoms with van der Waals surface area (Å²) in [5.74, 6) is 1.42. The zero-order valence-electron chi connectivity index (χ0n) is 17.3. The maximum Gasteiger partial charge on any atom is 0.248 e. The average molecular weight is 436 g/mol. The van der Waals surface area contributed by atoms with Crippen molar-refractivity contribution in [1.82, 2.24) is 20.2 Å². The minimum Gasteiger partial charge on any atom is -0.489 e. The van der Waals surface area contributed by atoms with Gasteiger partial charge in [0.25, 0.3) is 0 Å². The molecule has 2 heterocycles. The number of carbonyl (C=O) groups is 1. The molecule has 31 heavy (non-hydrogen) atoms. The summed E-state index contributed by atoms with van der Waals surface area (Å²) >= 11 is 6.04. The van der Waals surface area contributed by atoms with Crippen LogP contribution in [0.5, 0.6) is 5.75 Å². The predicted molar refractivity (Wildman–Crippen MR) is 117 cm³/mol. The second kappa shape index (κ2) is 7.50. The van der Waals surface area contributed by atoms with Crippen LogP contribution >= 0.6 is 11.6 Å². The van der Waals surface area contributed by atoms with Crippen molar-refractivity contribution in [2.75, 3.05) is 5.32 Å². The number of nitrogens with one attached hydrogen (secondary N) is 1. The van der Waals surface area contributed by atoms with Gasteiger partial charge in [0, 0.05) is 22.7 Å². The summed E-state index contributed by atoms with van der Waals surface area (Å²) < 4.78 is 7.58. The molecule has 0 amide bonds. The Morgan fingerprint density at radius 2 is 2.00 bits per heavy atom. The van der Waals surface area contributed by atoms with Crippen LogP contribution in [0.1, 0.15) is 43.9 Å². The number of ether oxygens (including phenoxy) is 1. The highest BCUT2D eigenvalue weighted by molar-refractivity contribution is 6.30. The van der Waals surface area contributed by atoms with Crippen LogP contribution in [0.4, 0.5) is 5.95 Å². The number of tetrazole rings is 1. The van der Waals surface area contributed by atoms with Gasteiger partial charge in [-0.25, -0.2) is 0 Å². The predicted octanol–water partition coefficient (Wildman–Crippen LogP) is 4.56. The molecule has 0 radical (unpaired) electrons. The molecule has 5 rings (SSSR count). The minimum atomic E-state index is -0.355. The molecule has 3 aromatic rings. The number of fused-ring (bicyclic) bond motifs is 1. The van der Waals surface area contributed by atoms with E-state index >= 15 is 0 Å². The van der Waals surface area contributed by atoms with E-state index in [1.165, 1.54) is 0 Å². The van der Waals surface area contributed by atoms with Crippen LogP contribution in [0, 0.1) is 5.41 Å². The highest BCUT2D eigenvalue weighted by Crippen LogP contribution is 2.45. The Hall–Kier alpha value is -3.19. The van der Waals surface area contributed by atoms with E-state index in [1.807, 2.05) is 48.5 Å². The Bertz CT molecular complexity index is 1180. The van der Waals surface area contributed by atoms with E-state index in [9.17, 15) is 4.79 Å². The second-order valence-corrected chi connectivity index (χ2v) is 9.23. The van der Waals surface area contributed by atoms with Crippen molar-refractivity contribution in [3.8, 4) is 5.75 Å². The molecule has 0 fully saturated rings. The lowest BCUT2D eigenvalue weighted by molar-refractivity contribution is -0.118. The summed E-state index contributed by atoms with van der Waals surface area (Å²) in [4.78, 5) is 13.1. The summed E-state index contributed by atoms with van der Waals surface area (Å²) in [7, 11) is 0. The zero-order valence-corrected chi connectivity index (χ0v) is 18.1. The lowest BCUT2D eigenvalue weighted by Gasteiger charge is -2.37. The number of anilines is 1. The Balaban J connectivity index is 1.43. The Morgan fingerprint density at radius 1 is 1.19 bits per heavy atom. The van der Waals surface area contributed by atoms with Gasteiger partial charge in [-0.1, -0.05) is 54.8 Å². The van der Waals surface area contributed by atoms with Gasteiger partial charge in [-0.3, -0.25) is 4.79 Å². The molecule has 0 spiro atoms. The molecule has 1 N–H and O–H groups in total.